The van der Waals surface area contributed by atoms with Crippen molar-refractivity contribution in [2.45, 2.75) is 0 Å². The van der Waals surface area contributed by atoms with E-state index < -0.39 is 8.60 Å². The molecule has 0 fully saturated rings. The molecule has 5 aromatic rings. The number of isothiocyanates is 1. The summed E-state index contributed by atoms with van der Waals surface area (Å²) >= 11 is 3.70. The summed E-state index contributed by atoms with van der Waals surface area (Å²) in [7, 11) is -2.00. The normalized spacial score (nSPS) is 9.18. The molecule has 5 rings (SSSR count). The third-order valence-corrected chi connectivity index (χ3v) is 5.69. The van der Waals surface area contributed by atoms with E-state index in [-0.39, 0.29) is 20.1 Å². The van der Waals surface area contributed by atoms with Gasteiger partial charge in [-0.25, -0.2) is 0 Å². The summed E-state index contributed by atoms with van der Waals surface area (Å²) in [6, 6.07) is 45.4. The van der Waals surface area contributed by atoms with Crippen molar-refractivity contribution in [2.75, 3.05) is 0 Å². The van der Waals surface area contributed by atoms with Gasteiger partial charge in [0, 0.05) is 26.3 Å². The molecule has 0 aliphatic carbocycles. The van der Waals surface area contributed by atoms with Gasteiger partial charge >= 0.3 is 8.60 Å². The second-order valence-electron chi connectivity index (χ2n) is 7.08. The summed E-state index contributed by atoms with van der Waals surface area (Å²) in [5.74, 6) is 2.18. The molecule has 0 spiro atoms. The van der Waals surface area contributed by atoms with Crippen molar-refractivity contribution < 1.29 is 33.7 Å². The average Bonchev–Trinajstić information content (AvgIpc) is 2.96. The van der Waals surface area contributed by atoms with Crippen LogP contribution < -0.4 is 13.6 Å². The van der Waals surface area contributed by atoms with Crippen LogP contribution in [0.3, 0.4) is 0 Å². The van der Waals surface area contributed by atoms with Crippen LogP contribution in [0.4, 0.5) is 0 Å². The van der Waals surface area contributed by atoms with Gasteiger partial charge in [0.1, 0.15) is 0 Å². The monoisotopic (exact) mass is 716 g/mol. The molecule has 0 aliphatic heterocycles. The number of nitrogens with zero attached hydrogens (tertiary/aromatic N) is 2. The second kappa shape index (κ2) is 18.5. The Bertz CT molecular complexity index is 1180. The van der Waals surface area contributed by atoms with Crippen molar-refractivity contribution in [1.29, 1.82) is 0 Å². The standard InChI is InChI=1S/C18H16O3P.C11H8N.CNS.Ir/c1-4-10-16(11-5-1)19-22(20-17-12-6-2-7-13-17)21-18-14-8-3-9-15-18;1-2-6-10(7-3-1)11-8-4-5-9-12-11;2-1-3;/h1-15,22H;1-6,8-9H;;/q+1;2*-1;. The fourth-order valence-corrected chi connectivity index (χ4v) is 4.00. The van der Waals surface area contributed by atoms with Gasteiger partial charge in [0.15, 0.2) is 17.2 Å². The van der Waals surface area contributed by atoms with Gasteiger partial charge in [0.05, 0.1) is 0 Å². The van der Waals surface area contributed by atoms with Crippen molar-refractivity contribution in [3.8, 4) is 28.5 Å². The first kappa shape index (κ1) is 30.5. The number of aromatic nitrogens is 1. The second-order valence-corrected chi connectivity index (χ2v) is 8.37. The molecule has 0 atom stereocenters. The Morgan fingerprint density at radius 3 is 1.42 bits per heavy atom. The number of pyridine rings is 1. The van der Waals surface area contributed by atoms with Gasteiger partial charge in [-0.2, -0.15) is 5.16 Å². The largest absolute Gasteiger partial charge is 0.753 e. The molecule has 1 heterocycles. The molecule has 38 heavy (non-hydrogen) atoms. The maximum atomic E-state index is 7.13. The molecule has 0 bridgehead atoms. The minimum Gasteiger partial charge on any atom is -0.753 e. The van der Waals surface area contributed by atoms with Crippen LogP contribution in [0, 0.1) is 6.07 Å². The zero-order valence-electron chi connectivity index (χ0n) is 20.1. The molecule has 4 aromatic carbocycles. The molecule has 0 unspecified atom stereocenters. The number of thiocarbonyl (C=S) groups is 1. The molecule has 5 nitrogen and oxygen atoms in total. The Labute approximate surface area is 243 Å². The Kier molecular flexibility index (Phi) is 14.9. The Balaban J connectivity index is 0.000000267. The van der Waals surface area contributed by atoms with Crippen molar-refractivity contribution in [1.82, 2.24) is 4.98 Å². The van der Waals surface area contributed by atoms with Crippen LogP contribution in [0.5, 0.6) is 17.2 Å². The third-order valence-electron chi connectivity index (χ3n) is 4.48. The van der Waals surface area contributed by atoms with Crippen molar-refractivity contribution in [2.24, 2.45) is 0 Å². The first-order valence-corrected chi connectivity index (χ1v) is 12.9. The van der Waals surface area contributed by atoms with E-state index in [0.29, 0.717) is 0 Å². The number of rotatable bonds is 7. The van der Waals surface area contributed by atoms with Gasteiger partial charge in [0.25, 0.3) is 0 Å². The van der Waals surface area contributed by atoms with Crippen molar-refractivity contribution in [3.05, 3.63) is 151 Å². The molecule has 0 aliphatic rings. The Morgan fingerprint density at radius 2 is 1.05 bits per heavy atom. The van der Waals surface area contributed by atoms with E-state index in [4.69, 9.17) is 19.0 Å². The first-order chi connectivity index (χ1) is 18.3. The smallest absolute Gasteiger partial charge is 0.528 e. The van der Waals surface area contributed by atoms with Crippen LogP contribution >= 0.6 is 20.8 Å². The molecule has 8 heteroatoms. The van der Waals surface area contributed by atoms with E-state index in [1.54, 1.807) is 6.20 Å². The molecule has 193 valence electrons. The molecular formula is C30H24IrN2O3PS-. The average molecular weight is 716 g/mol. The van der Waals surface area contributed by atoms with E-state index in [0.717, 1.165) is 28.5 Å². The maximum absolute atomic E-state index is 7.13. The first-order valence-electron chi connectivity index (χ1n) is 11.2. The van der Waals surface area contributed by atoms with Crippen LogP contribution in [0.2, 0.25) is 0 Å². The molecule has 0 saturated heterocycles. The molecular weight excluding hydrogens is 692 g/mol. The van der Waals surface area contributed by atoms with E-state index in [2.05, 4.69) is 23.3 Å². The van der Waals surface area contributed by atoms with Gasteiger partial charge in [-0.3, -0.25) is 13.6 Å². The third kappa shape index (κ3) is 11.6. The van der Waals surface area contributed by atoms with Crippen LogP contribution in [0.1, 0.15) is 0 Å². The summed E-state index contributed by atoms with van der Waals surface area (Å²) in [6.45, 7) is 0. The van der Waals surface area contributed by atoms with Crippen LogP contribution in [-0.4, -0.2) is 10.1 Å². The summed E-state index contributed by atoms with van der Waals surface area (Å²) in [5.41, 5.74) is 2.01. The molecule has 1 aromatic heterocycles. The van der Waals surface area contributed by atoms with Gasteiger partial charge < -0.3 is 10.4 Å². The van der Waals surface area contributed by atoms with Crippen LogP contribution in [-0.2, 0) is 20.1 Å². The fraction of sp³-hybridized carbons (Fsp3) is 0. The fourth-order valence-electron chi connectivity index (χ4n) is 2.89. The minimum absolute atomic E-state index is 0. The number of hydrogen-bond donors (Lipinski definition) is 0. The zero-order valence-corrected chi connectivity index (χ0v) is 24.4. The number of hydrogen-bond acceptors (Lipinski definition) is 5. The number of benzene rings is 4. The van der Waals surface area contributed by atoms with Gasteiger partial charge in [0.2, 0.25) is 0 Å². The van der Waals surface area contributed by atoms with Crippen LogP contribution in [0.25, 0.3) is 16.7 Å². The Hall–Kier alpha value is -3.69. The summed E-state index contributed by atoms with van der Waals surface area (Å²) in [4.78, 5) is 4.22. The van der Waals surface area contributed by atoms with Crippen molar-refractivity contribution >= 4 is 26.0 Å². The summed E-state index contributed by atoms with van der Waals surface area (Å²) in [5, 5.41) is 8.47. The van der Waals surface area contributed by atoms with Gasteiger partial charge in [-0.1, -0.05) is 78.9 Å². The van der Waals surface area contributed by atoms with Crippen LogP contribution in [0.15, 0.2) is 140 Å². The minimum atomic E-state index is -2.00. The predicted molar refractivity (Wildman–Crippen MR) is 154 cm³/mol. The summed E-state index contributed by atoms with van der Waals surface area (Å²) < 4.78 is 17.6. The number of para-hydroxylation sites is 3. The van der Waals surface area contributed by atoms with Crippen molar-refractivity contribution in [3.63, 3.8) is 0 Å². The summed E-state index contributed by atoms with van der Waals surface area (Å²) in [6.07, 6.45) is 1.79. The molecule has 1 radical (unpaired) electrons. The SMILES string of the molecule is [Ir].[N-]=C=S.[c-]1ccccc1-c1ccccn1.c1ccc(O[PH+](Oc2ccccc2)Oc2ccccc2)cc1. The van der Waals surface area contributed by atoms with E-state index in [1.807, 2.05) is 133 Å². The molecule has 0 saturated carbocycles. The van der Waals surface area contributed by atoms with Gasteiger partial charge in [-0.15, -0.1) is 35.9 Å². The maximum Gasteiger partial charge on any atom is 0.528 e. The molecule has 0 N–H and O–H groups in total. The quantitative estimate of drug-likeness (QED) is 0.0734. The topological polar surface area (TPSA) is 62.9 Å². The molecule has 0 amide bonds. The zero-order chi connectivity index (χ0) is 26.0. The van der Waals surface area contributed by atoms with E-state index in [1.165, 1.54) is 5.16 Å². The van der Waals surface area contributed by atoms with E-state index in [9.17, 15) is 0 Å². The Morgan fingerprint density at radius 1 is 0.632 bits per heavy atom. The predicted octanol–water partition coefficient (Wildman–Crippen LogP) is 8.39. The van der Waals surface area contributed by atoms with Gasteiger partial charge in [-0.05, 0) is 48.2 Å². The van der Waals surface area contributed by atoms with E-state index >= 15 is 0 Å².